The zero-order chi connectivity index (χ0) is 18.6. The van der Waals surface area contributed by atoms with Gasteiger partial charge in [-0.2, -0.15) is 0 Å². The third-order valence-electron chi connectivity index (χ3n) is 3.68. The average Bonchev–Trinajstić information content (AvgIpc) is 2.67. The molecule has 1 N–H and O–H groups in total. The number of benzene rings is 2. The van der Waals surface area contributed by atoms with Crippen molar-refractivity contribution in [2.75, 3.05) is 7.11 Å². The topological polar surface area (TPSA) is 81.2 Å². The molecule has 0 unspecified atom stereocenters. The molecule has 3 aromatic rings. The minimum absolute atomic E-state index is 0.0270. The fourth-order valence-corrected chi connectivity index (χ4v) is 3.84. The highest BCUT2D eigenvalue weighted by Crippen LogP contribution is 2.22. The number of hydrogen-bond acceptors (Lipinski definition) is 5. The molecule has 0 spiro atoms. The van der Waals surface area contributed by atoms with Crippen LogP contribution in [0.5, 0.6) is 5.75 Å². The fourth-order valence-electron chi connectivity index (χ4n) is 2.32. The summed E-state index contributed by atoms with van der Waals surface area (Å²) < 4.78 is 32.4. The molecule has 1 aromatic heterocycles. The van der Waals surface area contributed by atoms with Crippen molar-refractivity contribution in [3.63, 3.8) is 0 Å². The van der Waals surface area contributed by atoms with Gasteiger partial charge in [-0.25, -0.2) is 23.1 Å². The predicted octanol–water partition coefficient (Wildman–Crippen LogP) is 3.28. The number of hydrogen-bond donors (Lipinski definition) is 1. The first-order valence-corrected chi connectivity index (χ1v) is 9.55. The SMILES string of the molecule is COc1ccc(-c2cc(CNS(=O)(=O)c3ccccc3Cl)ncn2)cc1. The van der Waals surface area contributed by atoms with E-state index in [1.807, 2.05) is 24.3 Å². The van der Waals surface area contributed by atoms with E-state index >= 15 is 0 Å². The lowest BCUT2D eigenvalue weighted by atomic mass is 10.1. The van der Waals surface area contributed by atoms with E-state index in [9.17, 15) is 8.42 Å². The van der Waals surface area contributed by atoms with Gasteiger partial charge in [0.05, 0.1) is 30.1 Å². The summed E-state index contributed by atoms with van der Waals surface area (Å²) in [6.07, 6.45) is 1.40. The maximum atomic E-state index is 12.4. The van der Waals surface area contributed by atoms with Crippen molar-refractivity contribution in [2.45, 2.75) is 11.4 Å². The highest BCUT2D eigenvalue weighted by molar-refractivity contribution is 7.89. The maximum Gasteiger partial charge on any atom is 0.242 e. The second kappa shape index (κ2) is 7.82. The lowest BCUT2D eigenvalue weighted by molar-refractivity contribution is 0.415. The van der Waals surface area contributed by atoms with E-state index < -0.39 is 10.0 Å². The minimum atomic E-state index is -3.73. The fraction of sp³-hybridized carbons (Fsp3) is 0.111. The number of rotatable bonds is 6. The van der Waals surface area contributed by atoms with Crippen LogP contribution in [0.15, 0.2) is 65.8 Å². The van der Waals surface area contributed by atoms with Crippen molar-refractivity contribution in [3.8, 4) is 17.0 Å². The van der Waals surface area contributed by atoms with Crippen LogP contribution in [0.4, 0.5) is 0 Å². The molecule has 2 aromatic carbocycles. The molecular formula is C18H16ClN3O3S. The number of halogens is 1. The normalized spacial score (nSPS) is 11.3. The van der Waals surface area contributed by atoms with E-state index in [4.69, 9.17) is 16.3 Å². The van der Waals surface area contributed by atoms with Gasteiger partial charge in [-0.05, 0) is 42.5 Å². The van der Waals surface area contributed by atoms with Gasteiger partial charge < -0.3 is 4.74 Å². The smallest absolute Gasteiger partial charge is 0.242 e. The summed E-state index contributed by atoms with van der Waals surface area (Å²) in [6, 6.07) is 15.4. The summed E-state index contributed by atoms with van der Waals surface area (Å²) in [5.74, 6) is 0.746. The maximum absolute atomic E-state index is 12.4. The Balaban J connectivity index is 1.77. The van der Waals surface area contributed by atoms with Crippen LogP contribution in [-0.4, -0.2) is 25.5 Å². The highest BCUT2D eigenvalue weighted by atomic mass is 35.5. The molecule has 0 fully saturated rings. The number of nitrogens with one attached hydrogen (secondary N) is 1. The summed E-state index contributed by atoms with van der Waals surface area (Å²) in [5.41, 5.74) is 2.11. The van der Waals surface area contributed by atoms with Crippen LogP contribution in [0, 0.1) is 0 Å². The standard InChI is InChI=1S/C18H16ClN3O3S/c1-25-15-8-6-13(7-9-15)17-10-14(20-12-21-17)11-22-26(23,24)18-5-3-2-4-16(18)19/h2-10,12,22H,11H2,1H3. The monoisotopic (exact) mass is 389 g/mol. The number of aromatic nitrogens is 2. The Bertz CT molecular complexity index is 1010. The second-order valence-corrected chi connectivity index (χ2v) is 7.52. The summed E-state index contributed by atoms with van der Waals surface area (Å²) in [6.45, 7) is 0.0270. The molecule has 134 valence electrons. The van der Waals surface area contributed by atoms with Gasteiger partial charge in [-0.15, -0.1) is 0 Å². The second-order valence-electron chi connectivity index (χ2n) is 5.38. The third kappa shape index (κ3) is 4.19. The highest BCUT2D eigenvalue weighted by Gasteiger charge is 2.17. The lowest BCUT2D eigenvalue weighted by Gasteiger charge is -2.09. The van der Waals surface area contributed by atoms with Gasteiger partial charge in [-0.3, -0.25) is 0 Å². The van der Waals surface area contributed by atoms with Gasteiger partial charge >= 0.3 is 0 Å². The molecule has 0 aliphatic heterocycles. The van der Waals surface area contributed by atoms with Crippen molar-refractivity contribution >= 4 is 21.6 Å². The molecule has 1 heterocycles. The van der Waals surface area contributed by atoms with E-state index in [0.717, 1.165) is 11.3 Å². The molecule has 3 rings (SSSR count). The van der Waals surface area contributed by atoms with Crippen LogP contribution >= 0.6 is 11.6 Å². The molecule has 0 saturated carbocycles. The van der Waals surface area contributed by atoms with Gasteiger partial charge in [0.25, 0.3) is 0 Å². The zero-order valence-corrected chi connectivity index (χ0v) is 15.5. The van der Waals surface area contributed by atoms with Gasteiger partial charge in [0, 0.05) is 5.56 Å². The van der Waals surface area contributed by atoms with Crippen LogP contribution < -0.4 is 9.46 Å². The van der Waals surface area contributed by atoms with Gasteiger partial charge in [-0.1, -0.05) is 23.7 Å². The van der Waals surface area contributed by atoms with E-state index in [2.05, 4.69) is 14.7 Å². The van der Waals surface area contributed by atoms with Crippen molar-refractivity contribution < 1.29 is 13.2 Å². The molecule has 0 saturated heterocycles. The first-order chi connectivity index (χ1) is 12.5. The first-order valence-electron chi connectivity index (χ1n) is 7.69. The first kappa shape index (κ1) is 18.3. The zero-order valence-electron chi connectivity index (χ0n) is 13.9. The van der Waals surface area contributed by atoms with Crippen LogP contribution in [0.25, 0.3) is 11.3 Å². The van der Waals surface area contributed by atoms with Gasteiger partial charge in [0.1, 0.15) is 17.0 Å². The molecule has 6 nitrogen and oxygen atoms in total. The van der Waals surface area contributed by atoms with Gasteiger partial charge in [0.2, 0.25) is 10.0 Å². The Labute approximate surface area is 156 Å². The largest absolute Gasteiger partial charge is 0.497 e. The number of nitrogens with zero attached hydrogens (tertiary/aromatic N) is 2. The van der Waals surface area contributed by atoms with Crippen LogP contribution in [0.3, 0.4) is 0 Å². The molecule has 26 heavy (non-hydrogen) atoms. The van der Waals surface area contributed by atoms with Crippen molar-refractivity contribution in [1.29, 1.82) is 0 Å². The molecule has 0 amide bonds. The Hall–Kier alpha value is -2.48. The van der Waals surface area contributed by atoms with E-state index in [0.29, 0.717) is 11.4 Å². The molecule has 8 heteroatoms. The van der Waals surface area contributed by atoms with Crippen LogP contribution in [-0.2, 0) is 16.6 Å². The average molecular weight is 390 g/mol. The van der Waals surface area contributed by atoms with Gasteiger partial charge in [0.15, 0.2) is 0 Å². The van der Waals surface area contributed by atoms with Crippen molar-refractivity contribution in [3.05, 3.63) is 71.6 Å². The number of ether oxygens (including phenoxy) is 1. The van der Waals surface area contributed by atoms with Crippen molar-refractivity contribution in [1.82, 2.24) is 14.7 Å². The molecule has 0 radical (unpaired) electrons. The molecule has 0 aliphatic carbocycles. The molecule has 0 aliphatic rings. The summed E-state index contributed by atoms with van der Waals surface area (Å²) >= 11 is 5.97. The Morgan fingerprint density at radius 3 is 2.50 bits per heavy atom. The number of sulfonamides is 1. The van der Waals surface area contributed by atoms with Crippen LogP contribution in [0.2, 0.25) is 5.02 Å². The van der Waals surface area contributed by atoms with E-state index in [1.54, 1.807) is 25.3 Å². The third-order valence-corrected chi connectivity index (χ3v) is 5.58. The molecule has 0 bridgehead atoms. The minimum Gasteiger partial charge on any atom is -0.497 e. The summed E-state index contributed by atoms with van der Waals surface area (Å²) in [4.78, 5) is 8.39. The van der Waals surface area contributed by atoms with E-state index in [-0.39, 0.29) is 16.5 Å². The predicted molar refractivity (Wildman–Crippen MR) is 99.5 cm³/mol. The Kier molecular flexibility index (Phi) is 5.51. The Morgan fingerprint density at radius 1 is 1.08 bits per heavy atom. The lowest BCUT2D eigenvalue weighted by Crippen LogP contribution is -2.24. The summed E-state index contributed by atoms with van der Waals surface area (Å²) in [5, 5.41) is 0.168. The van der Waals surface area contributed by atoms with E-state index in [1.165, 1.54) is 18.5 Å². The van der Waals surface area contributed by atoms with Crippen LogP contribution in [0.1, 0.15) is 5.69 Å². The quantitative estimate of drug-likeness (QED) is 0.699. The molecular weight excluding hydrogens is 374 g/mol. The van der Waals surface area contributed by atoms with Crippen molar-refractivity contribution in [2.24, 2.45) is 0 Å². The molecule has 0 atom stereocenters. The Morgan fingerprint density at radius 2 is 1.81 bits per heavy atom. The number of methoxy groups -OCH3 is 1. The summed E-state index contributed by atoms with van der Waals surface area (Å²) in [7, 11) is -2.13.